The lowest BCUT2D eigenvalue weighted by molar-refractivity contribution is 0.161. The molecular formula is C23H26ClN5O2S. The number of hydrogen-bond acceptors (Lipinski definition) is 5. The second kappa shape index (κ2) is 8.59. The van der Waals surface area contributed by atoms with Gasteiger partial charge in [-0.3, -0.25) is 9.67 Å². The van der Waals surface area contributed by atoms with E-state index in [2.05, 4.69) is 33.4 Å². The Balaban J connectivity index is 1.33. The predicted octanol–water partition coefficient (Wildman–Crippen LogP) is 3.22. The summed E-state index contributed by atoms with van der Waals surface area (Å²) in [4.78, 5) is 4.05. The highest BCUT2D eigenvalue weighted by molar-refractivity contribution is 7.89. The molecule has 5 rings (SSSR count). The number of hydrogen-bond donors (Lipinski definition) is 2. The van der Waals surface area contributed by atoms with E-state index in [1.165, 1.54) is 29.8 Å². The van der Waals surface area contributed by atoms with Gasteiger partial charge in [-0.25, -0.2) is 13.1 Å². The summed E-state index contributed by atoms with van der Waals surface area (Å²) >= 11 is 6.13. The van der Waals surface area contributed by atoms with E-state index in [-0.39, 0.29) is 22.9 Å². The second-order valence-corrected chi connectivity index (χ2v) is 10.7. The van der Waals surface area contributed by atoms with Crippen LogP contribution in [0.5, 0.6) is 0 Å². The number of rotatable bonds is 7. The molecule has 0 radical (unpaired) electrons. The molecule has 1 fully saturated rings. The van der Waals surface area contributed by atoms with E-state index in [1.807, 2.05) is 16.8 Å². The van der Waals surface area contributed by atoms with Crippen molar-refractivity contribution in [2.75, 3.05) is 13.1 Å². The molecule has 9 heteroatoms. The van der Waals surface area contributed by atoms with E-state index in [9.17, 15) is 8.42 Å². The minimum absolute atomic E-state index is 0.0286. The Morgan fingerprint density at radius 2 is 2.03 bits per heavy atom. The van der Waals surface area contributed by atoms with Crippen molar-refractivity contribution in [3.05, 3.63) is 76.8 Å². The van der Waals surface area contributed by atoms with E-state index < -0.39 is 10.0 Å². The van der Waals surface area contributed by atoms with Crippen molar-refractivity contribution in [2.24, 2.45) is 0 Å². The zero-order chi connectivity index (χ0) is 22.2. The molecule has 32 heavy (non-hydrogen) atoms. The van der Waals surface area contributed by atoms with E-state index >= 15 is 0 Å². The molecule has 1 atom stereocenters. The van der Waals surface area contributed by atoms with Crippen molar-refractivity contribution in [1.29, 1.82) is 0 Å². The van der Waals surface area contributed by atoms with Gasteiger partial charge >= 0.3 is 0 Å². The van der Waals surface area contributed by atoms with Gasteiger partial charge in [-0.2, -0.15) is 5.10 Å². The standard InChI is InChI=1S/C23H26ClN5O2S/c24-19-6-4-18(5-7-19)23(9-2-10-23)22-21-17(8-12-26-22)16-29(28-21)14-13-27-32(30,31)20-3-1-11-25-15-20/h1,3-7,11,15-16,22,26-27H,2,8-10,12-14H2. The number of aromatic nitrogens is 3. The van der Waals surface area contributed by atoms with Crippen molar-refractivity contribution in [3.63, 3.8) is 0 Å². The zero-order valence-electron chi connectivity index (χ0n) is 17.7. The lowest BCUT2D eigenvalue weighted by Crippen LogP contribution is -2.49. The first-order chi connectivity index (χ1) is 15.5. The Bertz CT molecular complexity index is 1190. The Morgan fingerprint density at radius 1 is 1.22 bits per heavy atom. The van der Waals surface area contributed by atoms with Gasteiger partial charge in [0.05, 0.1) is 18.3 Å². The van der Waals surface area contributed by atoms with Crippen LogP contribution in [0, 0.1) is 0 Å². The molecule has 3 aromatic rings. The van der Waals surface area contributed by atoms with Crippen molar-refractivity contribution in [3.8, 4) is 0 Å². The summed E-state index contributed by atoms with van der Waals surface area (Å²) in [5.74, 6) is 0. The molecule has 3 heterocycles. The number of halogens is 1. The molecule has 1 unspecified atom stereocenters. The fourth-order valence-corrected chi connectivity index (χ4v) is 6.01. The van der Waals surface area contributed by atoms with Gasteiger partial charge in [0.15, 0.2) is 0 Å². The van der Waals surface area contributed by atoms with Gasteiger partial charge in [0, 0.05) is 35.6 Å². The first-order valence-corrected chi connectivity index (χ1v) is 12.8. The molecule has 1 aromatic carbocycles. The molecule has 0 amide bonds. The van der Waals surface area contributed by atoms with E-state index in [1.54, 1.807) is 12.3 Å². The highest BCUT2D eigenvalue weighted by atomic mass is 35.5. The summed E-state index contributed by atoms with van der Waals surface area (Å²) in [6.45, 7) is 1.64. The summed E-state index contributed by atoms with van der Waals surface area (Å²) in [5.41, 5.74) is 3.66. The second-order valence-electron chi connectivity index (χ2n) is 8.54. The summed E-state index contributed by atoms with van der Waals surface area (Å²) in [7, 11) is -3.58. The molecule has 2 N–H and O–H groups in total. The zero-order valence-corrected chi connectivity index (χ0v) is 19.2. The monoisotopic (exact) mass is 471 g/mol. The third-order valence-electron chi connectivity index (χ3n) is 6.68. The average molecular weight is 472 g/mol. The lowest BCUT2D eigenvalue weighted by atomic mass is 9.58. The van der Waals surface area contributed by atoms with Gasteiger partial charge in [-0.05, 0) is 61.2 Å². The molecule has 168 valence electrons. The SMILES string of the molecule is O=S(=O)(NCCn1cc2c(n1)C(C1(c3ccc(Cl)cc3)CCC1)NCC2)c1cccnc1. The minimum atomic E-state index is -3.58. The molecule has 1 saturated carbocycles. The van der Waals surface area contributed by atoms with Gasteiger partial charge in [-0.1, -0.05) is 30.2 Å². The van der Waals surface area contributed by atoms with Crippen LogP contribution >= 0.6 is 11.6 Å². The van der Waals surface area contributed by atoms with Crippen LogP contribution in [0.4, 0.5) is 0 Å². The maximum absolute atomic E-state index is 12.4. The fourth-order valence-electron chi connectivity index (χ4n) is 4.90. The van der Waals surface area contributed by atoms with Crippen molar-refractivity contribution in [2.45, 2.75) is 48.6 Å². The van der Waals surface area contributed by atoms with Crippen LogP contribution in [-0.2, 0) is 28.4 Å². The van der Waals surface area contributed by atoms with Crippen LogP contribution in [0.1, 0.15) is 42.1 Å². The van der Waals surface area contributed by atoms with Crippen LogP contribution in [0.2, 0.25) is 5.02 Å². The number of sulfonamides is 1. The van der Waals surface area contributed by atoms with E-state index in [0.717, 1.165) is 36.5 Å². The lowest BCUT2D eigenvalue weighted by Gasteiger charge is -2.49. The number of nitrogens with zero attached hydrogens (tertiary/aromatic N) is 3. The third-order valence-corrected chi connectivity index (χ3v) is 8.38. The van der Waals surface area contributed by atoms with Gasteiger partial charge in [0.1, 0.15) is 4.90 Å². The normalized spacial score (nSPS) is 19.8. The van der Waals surface area contributed by atoms with Crippen LogP contribution < -0.4 is 10.0 Å². The summed E-state index contributed by atoms with van der Waals surface area (Å²) in [5, 5.41) is 9.36. The van der Waals surface area contributed by atoms with Crippen molar-refractivity contribution in [1.82, 2.24) is 24.8 Å². The van der Waals surface area contributed by atoms with E-state index in [0.29, 0.717) is 6.54 Å². The Hall–Kier alpha value is -2.26. The third kappa shape index (κ3) is 3.96. The molecule has 1 aliphatic carbocycles. The molecule has 0 bridgehead atoms. The van der Waals surface area contributed by atoms with Crippen molar-refractivity contribution < 1.29 is 8.42 Å². The molecule has 0 spiro atoms. The smallest absolute Gasteiger partial charge is 0.242 e. The molecule has 7 nitrogen and oxygen atoms in total. The number of fused-ring (bicyclic) bond motifs is 1. The fraction of sp³-hybridized carbons (Fsp3) is 0.391. The Kier molecular flexibility index (Phi) is 5.79. The first-order valence-electron chi connectivity index (χ1n) is 10.9. The van der Waals surface area contributed by atoms with Crippen LogP contribution in [0.25, 0.3) is 0 Å². The average Bonchev–Trinajstić information content (AvgIpc) is 3.18. The highest BCUT2D eigenvalue weighted by Gasteiger charge is 2.48. The minimum Gasteiger partial charge on any atom is -0.307 e. The number of pyridine rings is 1. The maximum Gasteiger partial charge on any atom is 0.242 e. The Morgan fingerprint density at radius 3 is 2.72 bits per heavy atom. The van der Waals surface area contributed by atoms with Gasteiger partial charge < -0.3 is 5.32 Å². The summed E-state index contributed by atoms with van der Waals surface area (Å²) in [6.07, 6.45) is 9.32. The number of benzene rings is 1. The van der Waals surface area contributed by atoms with E-state index in [4.69, 9.17) is 16.7 Å². The predicted molar refractivity (Wildman–Crippen MR) is 123 cm³/mol. The number of nitrogens with one attached hydrogen (secondary N) is 2. The highest BCUT2D eigenvalue weighted by Crippen LogP contribution is 2.53. The van der Waals surface area contributed by atoms with Crippen LogP contribution in [0.15, 0.2) is 59.9 Å². The molecule has 0 saturated heterocycles. The quantitative estimate of drug-likeness (QED) is 0.552. The Labute approximate surface area is 193 Å². The van der Waals surface area contributed by atoms with Crippen LogP contribution in [-0.4, -0.2) is 36.3 Å². The summed E-state index contributed by atoms with van der Waals surface area (Å²) in [6, 6.07) is 11.5. The van der Waals surface area contributed by atoms with Crippen molar-refractivity contribution >= 4 is 21.6 Å². The molecule has 1 aliphatic heterocycles. The first kappa shape index (κ1) is 21.6. The molecule has 2 aliphatic rings. The topological polar surface area (TPSA) is 88.9 Å². The molecule has 2 aromatic heterocycles. The summed E-state index contributed by atoms with van der Waals surface area (Å²) < 4.78 is 29.4. The van der Waals surface area contributed by atoms with Gasteiger partial charge in [-0.15, -0.1) is 0 Å². The largest absolute Gasteiger partial charge is 0.307 e. The van der Waals surface area contributed by atoms with Gasteiger partial charge in [0.25, 0.3) is 0 Å². The van der Waals surface area contributed by atoms with Gasteiger partial charge in [0.2, 0.25) is 10.0 Å². The maximum atomic E-state index is 12.4. The molecular weight excluding hydrogens is 446 g/mol. The van der Waals surface area contributed by atoms with Crippen LogP contribution in [0.3, 0.4) is 0 Å².